The molecule has 0 saturated carbocycles. The van der Waals surface area contributed by atoms with Crippen LogP contribution >= 0.6 is 23.6 Å². The fraction of sp³-hybridized carbons (Fsp3) is 0.143. The summed E-state index contributed by atoms with van der Waals surface area (Å²) in [5, 5.41) is 9.30. The third-order valence-electron chi connectivity index (χ3n) is 2.55. The van der Waals surface area contributed by atoms with Crippen molar-refractivity contribution in [1.82, 2.24) is 5.43 Å². The third-order valence-corrected chi connectivity index (χ3v) is 3.67. The fourth-order valence-corrected chi connectivity index (χ4v) is 2.52. The quantitative estimate of drug-likeness (QED) is 0.509. The van der Waals surface area contributed by atoms with Gasteiger partial charge in [0, 0.05) is 0 Å². The first-order valence-corrected chi connectivity index (χ1v) is 7.41. The van der Waals surface area contributed by atoms with Crippen molar-refractivity contribution in [3.05, 3.63) is 52.5 Å². The molecular weight excluding hydrogens is 293 g/mol. The van der Waals surface area contributed by atoms with Crippen molar-refractivity contribution in [2.75, 3.05) is 5.32 Å². The lowest BCUT2D eigenvalue weighted by molar-refractivity contribution is 0.632. The summed E-state index contributed by atoms with van der Waals surface area (Å²) in [5.41, 5.74) is 3.99. The minimum Gasteiger partial charge on any atom is -0.329 e. The summed E-state index contributed by atoms with van der Waals surface area (Å²) in [6.45, 7) is 2.02. The van der Waals surface area contributed by atoms with Gasteiger partial charge in [0.15, 0.2) is 5.11 Å². The van der Waals surface area contributed by atoms with Crippen LogP contribution in [0.1, 0.15) is 18.2 Å². The fourth-order valence-electron chi connectivity index (χ4n) is 1.58. The highest BCUT2D eigenvalue weighted by atomic mass is 32.1. The summed E-state index contributed by atoms with van der Waals surface area (Å²) in [4.78, 5) is 1.09. The first-order valence-electron chi connectivity index (χ1n) is 6.12. The largest absolute Gasteiger partial charge is 0.329 e. The molecule has 0 saturated heterocycles. The molecule has 0 fully saturated rings. The Hall–Kier alpha value is -1.79. The lowest BCUT2D eigenvalue weighted by atomic mass is 10.2. The first-order chi connectivity index (χ1) is 9.70. The number of thiophene rings is 1. The molecule has 2 rings (SSSR count). The van der Waals surface area contributed by atoms with Crippen molar-refractivity contribution in [3.8, 4) is 0 Å². The molecule has 0 amide bonds. The molecule has 0 radical (unpaired) electrons. The summed E-state index contributed by atoms with van der Waals surface area (Å²) < 4.78 is 13.5. The Balaban J connectivity index is 2.00. The van der Waals surface area contributed by atoms with Crippen LogP contribution in [0, 0.1) is 5.82 Å². The number of hydrazone groups is 1. The van der Waals surface area contributed by atoms with Crippen molar-refractivity contribution < 1.29 is 4.39 Å². The molecule has 6 heteroatoms. The number of nitrogens with one attached hydrogen (secondary N) is 2. The van der Waals surface area contributed by atoms with E-state index >= 15 is 0 Å². The van der Waals surface area contributed by atoms with E-state index in [2.05, 4.69) is 15.8 Å². The maximum absolute atomic E-state index is 13.5. The molecule has 0 aliphatic carbocycles. The van der Waals surface area contributed by atoms with Crippen molar-refractivity contribution in [1.29, 1.82) is 0 Å². The Morgan fingerprint density at radius 3 is 2.75 bits per heavy atom. The molecule has 0 aliphatic rings. The summed E-state index contributed by atoms with van der Waals surface area (Å²) in [7, 11) is 0. The summed E-state index contributed by atoms with van der Waals surface area (Å²) in [6, 6.07) is 10.3. The van der Waals surface area contributed by atoms with Crippen LogP contribution in [0.5, 0.6) is 0 Å². The molecule has 1 aromatic carbocycles. The number of nitrogens with zero attached hydrogens (tertiary/aromatic N) is 1. The van der Waals surface area contributed by atoms with E-state index in [1.54, 1.807) is 29.5 Å². The van der Waals surface area contributed by atoms with E-state index in [0.29, 0.717) is 5.69 Å². The zero-order chi connectivity index (χ0) is 14.4. The van der Waals surface area contributed by atoms with E-state index < -0.39 is 0 Å². The Bertz CT molecular complexity index is 609. The molecule has 104 valence electrons. The second-order valence-corrected chi connectivity index (χ2v) is 5.29. The maximum Gasteiger partial charge on any atom is 0.191 e. The summed E-state index contributed by atoms with van der Waals surface area (Å²) >= 11 is 6.72. The number of para-hydroxylation sites is 1. The number of rotatable bonds is 4. The predicted molar refractivity (Wildman–Crippen MR) is 86.9 cm³/mol. The monoisotopic (exact) mass is 307 g/mol. The molecular formula is C14H14FN3S2. The zero-order valence-corrected chi connectivity index (χ0v) is 12.5. The number of halogens is 1. The average molecular weight is 307 g/mol. The van der Waals surface area contributed by atoms with Gasteiger partial charge in [-0.15, -0.1) is 11.3 Å². The number of hydrogen-bond acceptors (Lipinski definition) is 3. The Kier molecular flexibility index (Phi) is 5.20. The van der Waals surface area contributed by atoms with Gasteiger partial charge in [0.05, 0.1) is 16.3 Å². The van der Waals surface area contributed by atoms with Crippen LogP contribution in [0.2, 0.25) is 0 Å². The number of hydrogen-bond donors (Lipinski definition) is 2. The first kappa shape index (κ1) is 14.6. The van der Waals surface area contributed by atoms with Gasteiger partial charge in [-0.05, 0) is 42.2 Å². The van der Waals surface area contributed by atoms with Crippen molar-refractivity contribution in [2.45, 2.75) is 13.3 Å². The van der Waals surface area contributed by atoms with Crippen LogP contribution in [0.4, 0.5) is 10.1 Å². The van der Waals surface area contributed by atoms with Crippen LogP contribution in [-0.4, -0.2) is 10.8 Å². The second kappa shape index (κ2) is 7.12. The van der Waals surface area contributed by atoms with E-state index in [9.17, 15) is 4.39 Å². The van der Waals surface area contributed by atoms with E-state index in [0.717, 1.165) is 17.0 Å². The summed E-state index contributed by atoms with van der Waals surface area (Å²) in [5.74, 6) is -0.352. The second-order valence-electron chi connectivity index (χ2n) is 3.94. The van der Waals surface area contributed by atoms with Crippen molar-refractivity contribution in [3.63, 3.8) is 0 Å². The molecule has 0 atom stereocenters. The Labute approximate surface area is 126 Å². The van der Waals surface area contributed by atoms with Gasteiger partial charge in [-0.3, -0.25) is 5.43 Å². The topological polar surface area (TPSA) is 36.4 Å². The molecule has 0 unspecified atom stereocenters. The third kappa shape index (κ3) is 3.85. The number of anilines is 1. The highest BCUT2D eigenvalue weighted by molar-refractivity contribution is 7.80. The van der Waals surface area contributed by atoms with Crippen LogP contribution < -0.4 is 10.7 Å². The minimum absolute atomic E-state index is 0.262. The zero-order valence-electron chi connectivity index (χ0n) is 10.9. The molecule has 0 aliphatic heterocycles. The van der Waals surface area contributed by atoms with E-state index in [-0.39, 0.29) is 10.9 Å². The van der Waals surface area contributed by atoms with Gasteiger partial charge in [-0.1, -0.05) is 25.1 Å². The van der Waals surface area contributed by atoms with Gasteiger partial charge in [-0.25, -0.2) is 4.39 Å². The van der Waals surface area contributed by atoms with Crippen LogP contribution in [0.15, 0.2) is 46.9 Å². The van der Waals surface area contributed by atoms with Gasteiger partial charge in [0.2, 0.25) is 0 Å². The molecule has 2 N–H and O–H groups in total. The van der Waals surface area contributed by atoms with Gasteiger partial charge in [0.25, 0.3) is 0 Å². The van der Waals surface area contributed by atoms with E-state index in [4.69, 9.17) is 12.2 Å². The van der Waals surface area contributed by atoms with Gasteiger partial charge in [0.1, 0.15) is 5.82 Å². The van der Waals surface area contributed by atoms with Crippen LogP contribution in [-0.2, 0) is 0 Å². The van der Waals surface area contributed by atoms with Gasteiger partial charge >= 0.3 is 0 Å². The standard InChI is InChI=1S/C14H14FN3S2/c1-2-11(13-8-5-9-20-13)17-18-14(19)16-12-7-4-3-6-10(12)15/h3-9H,2H2,1H3,(H2,16,18,19)/b17-11-. The minimum atomic E-state index is -0.352. The van der Waals surface area contributed by atoms with Crippen molar-refractivity contribution in [2.24, 2.45) is 5.10 Å². The van der Waals surface area contributed by atoms with Crippen LogP contribution in [0.3, 0.4) is 0 Å². The molecule has 1 aromatic heterocycles. The van der Waals surface area contributed by atoms with Gasteiger partial charge < -0.3 is 5.32 Å². The molecule has 2 aromatic rings. The van der Waals surface area contributed by atoms with Gasteiger partial charge in [-0.2, -0.15) is 5.10 Å². The highest BCUT2D eigenvalue weighted by Crippen LogP contribution is 2.13. The average Bonchev–Trinajstić information content (AvgIpc) is 2.96. The normalized spacial score (nSPS) is 11.2. The SMILES string of the molecule is CC/C(=N/NC(=S)Nc1ccccc1F)c1cccs1. The Morgan fingerprint density at radius 2 is 2.10 bits per heavy atom. The van der Waals surface area contributed by atoms with E-state index in [1.165, 1.54) is 6.07 Å². The molecule has 0 spiro atoms. The maximum atomic E-state index is 13.5. The lowest BCUT2D eigenvalue weighted by Crippen LogP contribution is -2.25. The van der Waals surface area contributed by atoms with E-state index in [1.807, 2.05) is 24.4 Å². The predicted octanol–water partition coefficient (Wildman–Crippen LogP) is 3.99. The number of benzene rings is 1. The molecule has 0 bridgehead atoms. The molecule has 20 heavy (non-hydrogen) atoms. The highest BCUT2D eigenvalue weighted by Gasteiger charge is 2.04. The lowest BCUT2D eigenvalue weighted by Gasteiger charge is -2.08. The number of thiocarbonyl (C=S) groups is 1. The van der Waals surface area contributed by atoms with Crippen LogP contribution in [0.25, 0.3) is 0 Å². The Morgan fingerprint density at radius 1 is 1.30 bits per heavy atom. The summed E-state index contributed by atoms with van der Waals surface area (Å²) in [6.07, 6.45) is 0.788. The molecule has 1 heterocycles. The molecule has 3 nitrogen and oxygen atoms in total. The smallest absolute Gasteiger partial charge is 0.191 e. The van der Waals surface area contributed by atoms with Crippen molar-refractivity contribution >= 4 is 40.1 Å².